The predicted octanol–water partition coefficient (Wildman–Crippen LogP) is 2.78. The van der Waals surface area contributed by atoms with Crippen LogP contribution in [0.5, 0.6) is 0 Å². The number of para-hydroxylation sites is 1. The monoisotopic (exact) mass is 202 g/mol. The summed E-state index contributed by atoms with van der Waals surface area (Å²) < 4.78 is 13.7. The van der Waals surface area contributed by atoms with Crippen LogP contribution in [0.15, 0.2) is 36.5 Å². The van der Waals surface area contributed by atoms with E-state index in [2.05, 4.69) is 4.98 Å². The average molecular weight is 202 g/mol. The number of nitrogens with two attached hydrogens (primary N) is 1. The Labute approximate surface area is 87.6 Å². The standard InChI is InChI=1S/C12H11FN2/c1-8-6-7-15-12(11(8)13)9-4-2-3-5-10(9)14/h2-7H,14H2,1H3. The maximum atomic E-state index is 13.7. The number of halogens is 1. The predicted molar refractivity (Wildman–Crippen MR) is 58.8 cm³/mol. The summed E-state index contributed by atoms with van der Waals surface area (Å²) in [7, 11) is 0. The Hall–Kier alpha value is -1.90. The Morgan fingerprint density at radius 3 is 2.67 bits per heavy atom. The van der Waals surface area contributed by atoms with Gasteiger partial charge in [-0.15, -0.1) is 0 Å². The van der Waals surface area contributed by atoms with Gasteiger partial charge in [-0.25, -0.2) is 4.39 Å². The molecule has 1 aromatic heterocycles. The SMILES string of the molecule is Cc1ccnc(-c2ccccc2N)c1F. The molecule has 0 aliphatic heterocycles. The molecule has 0 saturated carbocycles. The van der Waals surface area contributed by atoms with Crippen molar-refractivity contribution in [1.82, 2.24) is 4.98 Å². The molecule has 0 spiro atoms. The molecule has 0 atom stereocenters. The molecule has 15 heavy (non-hydrogen) atoms. The molecule has 2 nitrogen and oxygen atoms in total. The normalized spacial score (nSPS) is 10.3. The van der Waals surface area contributed by atoms with Gasteiger partial charge < -0.3 is 5.73 Å². The van der Waals surface area contributed by atoms with Crippen LogP contribution in [0.4, 0.5) is 10.1 Å². The van der Waals surface area contributed by atoms with Gasteiger partial charge in [0.05, 0.1) is 0 Å². The second-order valence-corrected chi connectivity index (χ2v) is 3.38. The van der Waals surface area contributed by atoms with E-state index in [-0.39, 0.29) is 5.82 Å². The van der Waals surface area contributed by atoms with Gasteiger partial charge >= 0.3 is 0 Å². The Morgan fingerprint density at radius 2 is 1.93 bits per heavy atom. The minimum Gasteiger partial charge on any atom is -0.398 e. The summed E-state index contributed by atoms with van der Waals surface area (Å²) in [6.45, 7) is 1.71. The van der Waals surface area contributed by atoms with E-state index in [1.54, 1.807) is 31.3 Å². The first-order chi connectivity index (χ1) is 7.20. The Morgan fingerprint density at radius 1 is 1.20 bits per heavy atom. The zero-order valence-electron chi connectivity index (χ0n) is 8.37. The number of anilines is 1. The van der Waals surface area contributed by atoms with E-state index in [4.69, 9.17) is 5.73 Å². The molecule has 2 aromatic rings. The van der Waals surface area contributed by atoms with E-state index in [1.807, 2.05) is 12.1 Å². The molecule has 0 saturated heterocycles. The van der Waals surface area contributed by atoms with E-state index in [1.165, 1.54) is 0 Å². The third kappa shape index (κ3) is 1.68. The van der Waals surface area contributed by atoms with Gasteiger partial charge in [-0.1, -0.05) is 18.2 Å². The number of aromatic nitrogens is 1. The van der Waals surface area contributed by atoms with Crippen molar-refractivity contribution in [2.75, 3.05) is 5.73 Å². The fourth-order valence-electron chi connectivity index (χ4n) is 1.44. The maximum absolute atomic E-state index is 13.7. The summed E-state index contributed by atoms with van der Waals surface area (Å²) >= 11 is 0. The van der Waals surface area contributed by atoms with Crippen LogP contribution in [0.3, 0.4) is 0 Å². The van der Waals surface area contributed by atoms with Crippen LogP contribution in [0.25, 0.3) is 11.3 Å². The van der Waals surface area contributed by atoms with Crippen LogP contribution in [0, 0.1) is 12.7 Å². The van der Waals surface area contributed by atoms with Crippen LogP contribution in [0.2, 0.25) is 0 Å². The molecule has 0 fully saturated rings. The molecule has 0 unspecified atom stereocenters. The van der Waals surface area contributed by atoms with Gasteiger partial charge in [-0.05, 0) is 24.6 Å². The summed E-state index contributed by atoms with van der Waals surface area (Å²) in [6.07, 6.45) is 1.58. The molecule has 0 aliphatic carbocycles. The highest BCUT2D eigenvalue weighted by Crippen LogP contribution is 2.26. The van der Waals surface area contributed by atoms with E-state index >= 15 is 0 Å². The number of nitrogen functional groups attached to an aromatic ring is 1. The van der Waals surface area contributed by atoms with E-state index in [9.17, 15) is 4.39 Å². The van der Waals surface area contributed by atoms with Gasteiger partial charge in [0.1, 0.15) is 5.69 Å². The summed E-state index contributed by atoms with van der Waals surface area (Å²) in [5.41, 5.74) is 7.82. The third-order valence-corrected chi connectivity index (χ3v) is 2.30. The number of hydrogen-bond donors (Lipinski definition) is 1. The van der Waals surface area contributed by atoms with Crippen LogP contribution < -0.4 is 5.73 Å². The van der Waals surface area contributed by atoms with Gasteiger partial charge in [0.25, 0.3) is 0 Å². The topological polar surface area (TPSA) is 38.9 Å². The van der Waals surface area contributed by atoms with Crippen molar-refractivity contribution in [1.29, 1.82) is 0 Å². The quantitative estimate of drug-likeness (QED) is 0.722. The van der Waals surface area contributed by atoms with Crippen molar-refractivity contribution in [3.05, 3.63) is 47.9 Å². The number of rotatable bonds is 1. The van der Waals surface area contributed by atoms with Crippen molar-refractivity contribution in [2.45, 2.75) is 6.92 Å². The summed E-state index contributed by atoms with van der Waals surface area (Å²) in [6, 6.07) is 8.76. The molecule has 76 valence electrons. The summed E-state index contributed by atoms with van der Waals surface area (Å²) in [4.78, 5) is 4.02. The second-order valence-electron chi connectivity index (χ2n) is 3.38. The zero-order chi connectivity index (χ0) is 10.8. The first-order valence-electron chi connectivity index (χ1n) is 4.66. The van der Waals surface area contributed by atoms with Crippen molar-refractivity contribution in [3.63, 3.8) is 0 Å². The molecular weight excluding hydrogens is 191 g/mol. The smallest absolute Gasteiger partial charge is 0.152 e. The highest BCUT2D eigenvalue weighted by atomic mass is 19.1. The molecule has 2 rings (SSSR count). The van der Waals surface area contributed by atoms with Crippen LogP contribution in [-0.4, -0.2) is 4.98 Å². The van der Waals surface area contributed by atoms with Crippen molar-refractivity contribution >= 4 is 5.69 Å². The van der Waals surface area contributed by atoms with Gasteiger partial charge in [0, 0.05) is 17.4 Å². The highest BCUT2D eigenvalue weighted by Gasteiger charge is 2.10. The van der Waals surface area contributed by atoms with Gasteiger partial charge in [-0.3, -0.25) is 4.98 Å². The molecule has 2 N–H and O–H groups in total. The molecule has 3 heteroatoms. The van der Waals surface area contributed by atoms with Crippen LogP contribution in [0.1, 0.15) is 5.56 Å². The van der Waals surface area contributed by atoms with Crippen LogP contribution >= 0.6 is 0 Å². The molecule has 0 aliphatic rings. The zero-order valence-corrected chi connectivity index (χ0v) is 8.37. The Kier molecular flexibility index (Phi) is 2.37. The van der Waals surface area contributed by atoms with Gasteiger partial charge in [0.15, 0.2) is 5.82 Å². The van der Waals surface area contributed by atoms with Crippen LogP contribution in [-0.2, 0) is 0 Å². The number of hydrogen-bond acceptors (Lipinski definition) is 2. The first-order valence-corrected chi connectivity index (χ1v) is 4.66. The molecule has 1 aromatic carbocycles. The van der Waals surface area contributed by atoms with E-state index in [0.717, 1.165) is 0 Å². The first kappa shape index (κ1) is 9.65. The lowest BCUT2D eigenvalue weighted by Crippen LogP contribution is -1.96. The second kappa shape index (κ2) is 3.69. The minimum absolute atomic E-state index is 0.310. The lowest BCUT2D eigenvalue weighted by Gasteiger charge is -2.06. The molecule has 0 bridgehead atoms. The number of pyridine rings is 1. The van der Waals surface area contributed by atoms with Crippen molar-refractivity contribution in [2.24, 2.45) is 0 Å². The number of aryl methyl sites for hydroxylation is 1. The maximum Gasteiger partial charge on any atom is 0.152 e. The Bertz CT molecular complexity index is 495. The molecular formula is C12H11FN2. The van der Waals surface area contributed by atoms with E-state index < -0.39 is 0 Å². The van der Waals surface area contributed by atoms with Crippen molar-refractivity contribution < 1.29 is 4.39 Å². The Balaban J connectivity index is 2.65. The molecule has 1 heterocycles. The minimum atomic E-state index is -0.310. The fraction of sp³-hybridized carbons (Fsp3) is 0.0833. The summed E-state index contributed by atoms with van der Waals surface area (Å²) in [5, 5.41) is 0. The lowest BCUT2D eigenvalue weighted by atomic mass is 10.1. The fourth-order valence-corrected chi connectivity index (χ4v) is 1.44. The number of benzene rings is 1. The van der Waals surface area contributed by atoms with Gasteiger partial charge in [-0.2, -0.15) is 0 Å². The number of nitrogens with zero attached hydrogens (tertiary/aromatic N) is 1. The third-order valence-electron chi connectivity index (χ3n) is 2.30. The van der Waals surface area contributed by atoms with Gasteiger partial charge in [0.2, 0.25) is 0 Å². The molecule has 0 radical (unpaired) electrons. The molecule has 0 amide bonds. The largest absolute Gasteiger partial charge is 0.398 e. The van der Waals surface area contributed by atoms with Crippen molar-refractivity contribution in [3.8, 4) is 11.3 Å². The lowest BCUT2D eigenvalue weighted by molar-refractivity contribution is 0.616. The summed E-state index contributed by atoms with van der Waals surface area (Å²) in [5.74, 6) is -0.310. The van der Waals surface area contributed by atoms with E-state index in [0.29, 0.717) is 22.5 Å². The average Bonchev–Trinajstić information content (AvgIpc) is 2.23. The highest BCUT2D eigenvalue weighted by molar-refractivity contribution is 5.74.